The van der Waals surface area contributed by atoms with Gasteiger partial charge in [-0.05, 0) is 47.1 Å². The van der Waals surface area contributed by atoms with Crippen molar-refractivity contribution in [1.29, 1.82) is 0 Å². The van der Waals surface area contributed by atoms with Crippen LogP contribution in [0.2, 0.25) is 0 Å². The molecule has 0 heterocycles. The van der Waals surface area contributed by atoms with Crippen molar-refractivity contribution < 1.29 is 38.9 Å². The standard InChI is InChI=1S/C25H39N3O8/c1-7-35-20(31)8-9-26-22(32)21(18-13-16(2)12-17(3)14-18)28(10-11-29)23(33)19(15-30)27-24(34)36-25(4,5)6/h12-14,19,21,29-30H,7-11,15H2,1-6H3,(H,26,32)(H,27,34). The Morgan fingerprint density at radius 3 is 2.17 bits per heavy atom. The first kappa shape index (κ1) is 30.9. The zero-order valence-corrected chi connectivity index (χ0v) is 21.9. The molecule has 0 aromatic heterocycles. The summed E-state index contributed by atoms with van der Waals surface area (Å²) >= 11 is 0. The maximum Gasteiger partial charge on any atom is 0.408 e. The van der Waals surface area contributed by atoms with E-state index in [0.717, 1.165) is 16.0 Å². The lowest BCUT2D eigenvalue weighted by Gasteiger charge is -2.34. The summed E-state index contributed by atoms with van der Waals surface area (Å²) in [7, 11) is 0. The van der Waals surface area contributed by atoms with Crippen LogP contribution in [0.3, 0.4) is 0 Å². The van der Waals surface area contributed by atoms with Crippen LogP contribution >= 0.6 is 0 Å². The molecule has 0 bridgehead atoms. The van der Waals surface area contributed by atoms with Crippen molar-refractivity contribution >= 4 is 23.9 Å². The van der Waals surface area contributed by atoms with Gasteiger partial charge in [-0.15, -0.1) is 0 Å². The molecule has 0 radical (unpaired) electrons. The molecule has 0 aliphatic rings. The number of aryl methyl sites for hydroxylation is 2. The van der Waals surface area contributed by atoms with Crippen molar-refractivity contribution in [2.75, 3.05) is 32.9 Å². The van der Waals surface area contributed by atoms with Gasteiger partial charge in [0, 0.05) is 13.1 Å². The second kappa shape index (κ2) is 14.4. The molecule has 0 aliphatic heterocycles. The zero-order valence-electron chi connectivity index (χ0n) is 21.9. The smallest absolute Gasteiger partial charge is 0.408 e. The average molecular weight is 510 g/mol. The van der Waals surface area contributed by atoms with Crippen LogP contribution in [0.25, 0.3) is 0 Å². The van der Waals surface area contributed by atoms with Crippen LogP contribution in [-0.4, -0.2) is 83.5 Å². The molecule has 2 unspecified atom stereocenters. The van der Waals surface area contributed by atoms with Crippen molar-refractivity contribution in [3.05, 3.63) is 34.9 Å². The van der Waals surface area contributed by atoms with E-state index < -0.39 is 54.8 Å². The minimum absolute atomic E-state index is 0.0281. The Bertz CT molecular complexity index is 893. The summed E-state index contributed by atoms with van der Waals surface area (Å²) in [5.41, 5.74) is 1.32. The summed E-state index contributed by atoms with van der Waals surface area (Å²) in [6, 6.07) is 2.73. The molecule has 11 nitrogen and oxygen atoms in total. The summed E-state index contributed by atoms with van der Waals surface area (Å²) < 4.78 is 10.0. The number of aliphatic hydroxyl groups excluding tert-OH is 2. The van der Waals surface area contributed by atoms with E-state index in [9.17, 15) is 29.4 Å². The number of esters is 1. The van der Waals surface area contributed by atoms with Gasteiger partial charge in [-0.2, -0.15) is 0 Å². The summed E-state index contributed by atoms with van der Waals surface area (Å²) in [6.07, 6.45) is -0.979. The van der Waals surface area contributed by atoms with Gasteiger partial charge in [0.2, 0.25) is 11.8 Å². The number of amides is 3. The zero-order chi connectivity index (χ0) is 27.5. The number of hydrogen-bond acceptors (Lipinski definition) is 8. The molecular weight excluding hydrogens is 470 g/mol. The van der Waals surface area contributed by atoms with E-state index in [1.54, 1.807) is 39.8 Å². The van der Waals surface area contributed by atoms with E-state index in [0.29, 0.717) is 5.56 Å². The Kier molecular flexibility index (Phi) is 12.3. The summed E-state index contributed by atoms with van der Waals surface area (Å²) in [4.78, 5) is 51.8. The molecule has 2 atom stereocenters. The number of carbonyl (C=O) groups excluding carboxylic acids is 4. The fourth-order valence-electron chi connectivity index (χ4n) is 3.57. The number of rotatable bonds is 12. The van der Waals surface area contributed by atoms with Gasteiger partial charge >= 0.3 is 12.1 Å². The molecule has 1 aromatic rings. The lowest BCUT2D eigenvalue weighted by atomic mass is 9.98. The van der Waals surface area contributed by atoms with Crippen molar-refractivity contribution in [2.24, 2.45) is 0 Å². The number of benzene rings is 1. The van der Waals surface area contributed by atoms with Gasteiger partial charge in [0.05, 0.1) is 26.2 Å². The molecule has 202 valence electrons. The number of nitrogens with one attached hydrogen (secondary N) is 2. The molecule has 0 fully saturated rings. The third-order valence-electron chi connectivity index (χ3n) is 4.85. The number of alkyl carbamates (subject to hydrolysis) is 1. The summed E-state index contributed by atoms with van der Waals surface area (Å²) in [5, 5.41) is 24.5. The Morgan fingerprint density at radius 2 is 1.67 bits per heavy atom. The molecule has 11 heteroatoms. The van der Waals surface area contributed by atoms with Crippen molar-refractivity contribution in [3.8, 4) is 0 Å². The Labute approximate surface area is 212 Å². The molecule has 1 aromatic carbocycles. The average Bonchev–Trinajstić information content (AvgIpc) is 2.75. The van der Waals surface area contributed by atoms with Crippen molar-refractivity contribution in [3.63, 3.8) is 0 Å². The topological polar surface area (TPSA) is 154 Å². The Balaban J connectivity index is 3.31. The molecule has 3 amide bonds. The minimum atomic E-state index is -1.42. The van der Waals surface area contributed by atoms with Gasteiger partial charge < -0.3 is 35.2 Å². The lowest BCUT2D eigenvalue weighted by Crippen LogP contribution is -2.55. The molecule has 0 saturated heterocycles. The highest BCUT2D eigenvalue weighted by Gasteiger charge is 2.36. The fraction of sp³-hybridized carbons (Fsp3) is 0.600. The normalized spacial score (nSPS) is 12.8. The lowest BCUT2D eigenvalue weighted by molar-refractivity contribution is -0.145. The van der Waals surface area contributed by atoms with Crippen LogP contribution in [0.5, 0.6) is 0 Å². The number of hydrogen-bond donors (Lipinski definition) is 4. The van der Waals surface area contributed by atoms with Gasteiger partial charge in [0.25, 0.3) is 0 Å². The summed E-state index contributed by atoms with van der Waals surface area (Å²) in [6.45, 7) is 8.99. The maximum absolute atomic E-state index is 13.5. The van der Waals surface area contributed by atoms with Crippen LogP contribution in [0, 0.1) is 13.8 Å². The van der Waals surface area contributed by atoms with Gasteiger partial charge in [-0.1, -0.05) is 29.3 Å². The van der Waals surface area contributed by atoms with Crippen LogP contribution in [0.4, 0.5) is 4.79 Å². The highest BCUT2D eigenvalue weighted by Crippen LogP contribution is 2.25. The van der Waals surface area contributed by atoms with Gasteiger partial charge in [0.1, 0.15) is 17.7 Å². The van der Waals surface area contributed by atoms with E-state index in [-0.39, 0.29) is 26.1 Å². The van der Waals surface area contributed by atoms with E-state index >= 15 is 0 Å². The first-order chi connectivity index (χ1) is 16.8. The second-order valence-corrected chi connectivity index (χ2v) is 9.31. The second-order valence-electron chi connectivity index (χ2n) is 9.31. The Morgan fingerprint density at radius 1 is 1.06 bits per heavy atom. The molecule has 0 spiro atoms. The van der Waals surface area contributed by atoms with Gasteiger partial charge in [-0.25, -0.2) is 4.79 Å². The number of aliphatic hydroxyl groups is 2. The van der Waals surface area contributed by atoms with Crippen molar-refractivity contribution in [2.45, 2.75) is 65.6 Å². The fourth-order valence-corrected chi connectivity index (χ4v) is 3.57. The van der Waals surface area contributed by atoms with Crippen LogP contribution in [0.1, 0.15) is 56.8 Å². The third-order valence-corrected chi connectivity index (χ3v) is 4.85. The predicted molar refractivity (Wildman–Crippen MR) is 132 cm³/mol. The monoisotopic (exact) mass is 509 g/mol. The minimum Gasteiger partial charge on any atom is -0.466 e. The molecule has 0 aliphatic carbocycles. The van der Waals surface area contributed by atoms with E-state index in [4.69, 9.17) is 9.47 Å². The molecule has 0 saturated carbocycles. The van der Waals surface area contributed by atoms with E-state index in [2.05, 4.69) is 10.6 Å². The first-order valence-electron chi connectivity index (χ1n) is 11.9. The Hall–Kier alpha value is -3.18. The van der Waals surface area contributed by atoms with Gasteiger partial charge in [-0.3, -0.25) is 14.4 Å². The highest BCUT2D eigenvalue weighted by atomic mass is 16.6. The van der Waals surface area contributed by atoms with Crippen LogP contribution < -0.4 is 10.6 Å². The number of carbonyl (C=O) groups is 4. The number of ether oxygens (including phenoxy) is 2. The summed E-state index contributed by atoms with van der Waals surface area (Å²) in [5.74, 6) is -1.87. The maximum atomic E-state index is 13.5. The van der Waals surface area contributed by atoms with E-state index in [1.165, 1.54) is 0 Å². The van der Waals surface area contributed by atoms with Crippen LogP contribution in [0.15, 0.2) is 18.2 Å². The molecular formula is C25H39N3O8. The van der Waals surface area contributed by atoms with Crippen molar-refractivity contribution in [1.82, 2.24) is 15.5 Å². The van der Waals surface area contributed by atoms with E-state index in [1.807, 2.05) is 19.9 Å². The van der Waals surface area contributed by atoms with Gasteiger partial charge in [0.15, 0.2) is 0 Å². The van der Waals surface area contributed by atoms with Crippen LogP contribution in [-0.2, 0) is 23.9 Å². The third kappa shape index (κ3) is 10.2. The molecule has 4 N–H and O–H groups in total. The first-order valence-corrected chi connectivity index (χ1v) is 11.9. The largest absolute Gasteiger partial charge is 0.466 e. The molecule has 1 rings (SSSR count). The predicted octanol–water partition coefficient (Wildman–Crippen LogP) is 1.12. The highest BCUT2D eigenvalue weighted by molar-refractivity contribution is 5.92. The SMILES string of the molecule is CCOC(=O)CCNC(=O)C(c1cc(C)cc(C)c1)N(CCO)C(=O)C(CO)NC(=O)OC(C)(C)C. The molecule has 36 heavy (non-hydrogen) atoms. The quantitative estimate of drug-likeness (QED) is 0.306. The number of nitrogens with zero attached hydrogens (tertiary/aromatic N) is 1.